The second-order valence-electron chi connectivity index (χ2n) is 6.18. The van der Waals surface area contributed by atoms with Crippen LogP contribution in [0.15, 0.2) is 10.5 Å². The number of likely N-dealkylation sites (N-methyl/N-ethyl adjacent to an activating group) is 1. The fraction of sp³-hybridized carbons (Fsp3) is 0.750. The second-order valence-corrected chi connectivity index (χ2v) is 6.18. The summed E-state index contributed by atoms with van der Waals surface area (Å²) in [6, 6.07) is 3.17. The molecule has 0 radical (unpaired) electrons. The molecule has 0 aromatic carbocycles. The topological polar surface area (TPSA) is 37.6 Å². The Hall–Kier alpha value is -0.840. The summed E-state index contributed by atoms with van der Waals surface area (Å²) in [5, 5.41) is 3.44. The minimum atomic E-state index is 0.318. The highest BCUT2D eigenvalue weighted by Crippen LogP contribution is 2.22. The first-order valence-corrected chi connectivity index (χ1v) is 7.60. The van der Waals surface area contributed by atoms with E-state index >= 15 is 0 Å². The van der Waals surface area contributed by atoms with Gasteiger partial charge in [-0.2, -0.15) is 0 Å². The number of nitrogens with zero attached hydrogens (tertiary/aromatic N) is 1. The standard InChI is InChI=1S/C16H28N2O2/c1-11(2)17-9-14-8-15(20-12(14)3)10-18(5)16-6-7-19-13(16)4/h8,11,13,16-17H,6-7,9-10H2,1-5H3. The van der Waals surface area contributed by atoms with Crippen molar-refractivity contribution in [1.82, 2.24) is 10.2 Å². The first-order valence-electron chi connectivity index (χ1n) is 7.60. The smallest absolute Gasteiger partial charge is 0.118 e. The number of furan rings is 1. The Morgan fingerprint density at radius 2 is 2.20 bits per heavy atom. The van der Waals surface area contributed by atoms with Crippen LogP contribution in [0.25, 0.3) is 0 Å². The molecule has 0 aliphatic carbocycles. The van der Waals surface area contributed by atoms with Gasteiger partial charge in [0.25, 0.3) is 0 Å². The number of nitrogens with one attached hydrogen (secondary N) is 1. The summed E-state index contributed by atoms with van der Waals surface area (Å²) in [4.78, 5) is 2.34. The third-order valence-corrected chi connectivity index (χ3v) is 4.08. The summed E-state index contributed by atoms with van der Waals surface area (Å²) in [7, 11) is 2.15. The second kappa shape index (κ2) is 6.74. The zero-order chi connectivity index (χ0) is 14.7. The van der Waals surface area contributed by atoms with E-state index in [-0.39, 0.29) is 0 Å². The molecule has 1 aliphatic rings. The fourth-order valence-electron chi connectivity index (χ4n) is 2.82. The third-order valence-electron chi connectivity index (χ3n) is 4.08. The van der Waals surface area contributed by atoms with Crippen LogP contribution in [0.3, 0.4) is 0 Å². The van der Waals surface area contributed by atoms with Crippen LogP contribution in [0.4, 0.5) is 0 Å². The maximum Gasteiger partial charge on any atom is 0.118 e. The van der Waals surface area contributed by atoms with Gasteiger partial charge in [-0.05, 0) is 33.4 Å². The molecule has 1 saturated heterocycles. The zero-order valence-corrected chi connectivity index (χ0v) is 13.4. The van der Waals surface area contributed by atoms with Crippen LogP contribution in [0.2, 0.25) is 0 Å². The average molecular weight is 280 g/mol. The molecule has 1 aromatic heterocycles. The van der Waals surface area contributed by atoms with E-state index in [1.165, 1.54) is 5.56 Å². The molecule has 0 amide bonds. The van der Waals surface area contributed by atoms with Crippen molar-refractivity contribution in [3.8, 4) is 0 Å². The minimum Gasteiger partial charge on any atom is -0.465 e. The van der Waals surface area contributed by atoms with E-state index < -0.39 is 0 Å². The fourth-order valence-corrected chi connectivity index (χ4v) is 2.82. The molecule has 0 spiro atoms. The highest BCUT2D eigenvalue weighted by atomic mass is 16.5. The average Bonchev–Trinajstić information content (AvgIpc) is 2.93. The van der Waals surface area contributed by atoms with Crippen LogP contribution < -0.4 is 5.32 Å². The van der Waals surface area contributed by atoms with Crippen LogP contribution in [0.5, 0.6) is 0 Å². The lowest BCUT2D eigenvalue weighted by atomic mass is 10.1. The van der Waals surface area contributed by atoms with E-state index in [0.29, 0.717) is 18.2 Å². The highest BCUT2D eigenvalue weighted by Gasteiger charge is 2.28. The molecule has 4 heteroatoms. The van der Waals surface area contributed by atoms with E-state index in [0.717, 1.165) is 37.6 Å². The molecule has 1 fully saturated rings. The largest absolute Gasteiger partial charge is 0.465 e. The van der Waals surface area contributed by atoms with E-state index in [1.807, 2.05) is 6.92 Å². The van der Waals surface area contributed by atoms with Crippen LogP contribution >= 0.6 is 0 Å². The summed E-state index contributed by atoms with van der Waals surface area (Å²) < 4.78 is 11.5. The number of ether oxygens (including phenoxy) is 1. The molecule has 0 bridgehead atoms. The lowest BCUT2D eigenvalue weighted by Crippen LogP contribution is -2.36. The van der Waals surface area contributed by atoms with Gasteiger partial charge in [0.05, 0.1) is 12.6 Å². The number of hydrogen-bond acceptors (Lipinski definition) is 4. The predicted molar refractivity (Wildman–Crippen MR) is 80.7 cm³/mol. The molecular formula is C16H28N2O2. The SMILES string of the molecule is Cc1oc(CN(C)C2CCOC2C)cc1CNC(C)C. The quantitative estimate of drug-likeness (QED) is 0.869. The Labute approximate surface area is 122 Å². The summed E-state index contributed by atoms with van der Waals surface area (Å²) in [5.41, 5.74) is 1.26. The predicted octanol–water partition coefficient (Wildman–Crippen LogP) is 2.70. The molecule has 2 heterocycles. The van der Waals surface area contributed by atoms with Crippen molar-refractivity contribution in [2.45, 2.75) is 65.4 Å². The van der Waals surface area contributed by atoms with Crippen molar-refractivity contribution in [1.29, 1.82) is 0 Å². The molecule has 2 unspecified atom stereocenters. The van der Waals surface area contributed by atoms with E-state index in [1.54, 1.807) is 0 Å². The lowest BCUT2D eigenvalue weighted by Gasteiger charge is -2.25. The van der Waals surface area contributed by atoms with Gasteiger partial charge in [0.2, 0.25) is 0 Å². The molecule has 4 nitrogen and oxygen atoms in total. The molecule has 2 rings (SSSR count). The molecule has 1 aromatic rings. The number of aryl methyl sites for hydroxylation is 1. The molecule has 1 N–H and O–H groups in total. The maximum atomic E-state index is 5.89. The Morgan fingerprint density at radius 3 is 2.80 bits per heavy atom. The van der Waals surface area contributed by atoms with Gasteiger partial charge >= 0.3 is 0 Å². The lowest BCUT2D eigenvalue weighted by molar-refractivity contribution is 0.0791. The maximum absolute atomic E-state index is 5.89. The van der Waals surface area contributed by atoms with Gasteiger partial charge in [0.15, 0.2) is 0 Å². The van der Waals surface area contributed by atoms with Gasteiger partial charge in [0.1, 0.15) is 11.5 Å². The van der Waals surface area contributed by atoms with Crippen molar-refractivity contribution < 1.29 is 9.15 Å². The van der Waals surface area contributed by atoms with Crippen molar-refractivity contribution in [2.75, 3.05) is 13.7 Å². The summed E-state index contributed by atoms with van der Waals surface area (Å²) in [6.45, 7) is 11.1. The third kappa shape index (κ3) is 3.84. The number of rotatable bonds is 6. The van der Waals surface area contributed by atoms with Crippen LogP contribution in [-0.4, -0.2) is 36.7 Å². The van der Waals surface area contributed by atoms with Gasteiger partial charge in [0, 0.05) is 30.8 Å². The molecule has 0 saturated carbocycles. The molecule has 20 heavy (non-hydrogen) atoms. The normalized spacial score (nSPS) is 23.1. The molecule has 2 atom stereocenters. The summed E-state index contributed by atoms with van der Waals surface area (Å²) in [6.07, 6.45) is 1.43. The van der Waals surface area contributed by atoms with E-state index in [2.05, 4.69) is 44.1 Å². The van der Waals surface area contributed by atoms with Gasteiger partial charge in [-0.25, -0.2) is 0 Å². The van der Waals surface area contributed by atoms with Crippen LogP contribution in [0.1, 0.15) is 44.3 Å². The van der Waals surface area contributed by atoms with Gasteiger partial charge in [-0.1, -0.05) is 13.8 Å². The Morgan fingerprint density at radius 1 is 1.45 bits per heavy atom. The van der Waals surface area contributed by atoms with Gasteiger partial charge in [-0.3, -0.25) is 4.90 Å². The van der Waals surface area contributed by atoms with Crippen molar-refractivity contribution in [3.05, 3.63) is 23.2 Å². The molecule has 1 aliphatic heterocycles. The van der Waals surface area contributed by atoms with Crippen molar-refractivity contribution in [3.63, 3.8) is 0 Å². The van der Waals surface area contributed by atoms with Gasteiger partial charge in [-0.15, -0.1) is 0 Å². The van der Waals surface area contributed by atoms with Crippen molar-refractivity contribution >= 4 is 0 Å². The Kier molecular flexibility index (Phi) is 5.24. The number of hydrogen-bond donors (Lipinski definition) is 1. The van der Waals surface area contributed by atoms with Gasteiger partial charge < -0.3 is 14.5 Å². The zero-order valence-electron chi connectivity index (χ0n) is 13.4. The Bertz CT molecular complexity index is 428. The summed E-state index contributed by atoms with van der Waals surface area (Å²) >= 11 is 0. The van der Waals surface area contributed by atoms with E-state index in [4.69, 9.17) is 9.15 Å². The molecule has 114 valence electrons. The van der Waals surface area contributed by atoms with Crippen LogP contribution in [-0.2, 0) is 17.8 Å². The molecular weight excluding hydrogens is 252 g/mol. The monoisotopic (exact) mass is 280 g/mol. The van der Waals surface area contributed by atoms with Crippen molar-refractivity contribution in [2.24, 2.45) is 0 Å². The van der Waals surface area contributed by atoms with E-state index in [9.17, 15) is 0 Å². The Balaban J connectivity index is 1.94. The first-order chi connectivity index (χ1) is 9.47. The first kappa shape index (κ1) is 15.5. The highest BCUT2D eigenvalue weighted by molar-refractivity contribution is 5.20. The summed E-state index contributed by atoms with van der Waals surface area (Å²) in [5.74, 6) is 2.07. The minimum absolute atomic E-state index is 0.318. The van der Waals surface area contributed by atoms with Crippen LogP contribution in [0, 0.1) is 6.92 Å².